The summed E-state index contributed by atoms with van der Waals surface area (Å²) in [5.41, 5.74) is 0.826. The number of nitrogens with one attached hydrogen (secondary N) is 1. The number of hydrogen-bond donors (Lipinski definition) is 1. The van der Waals surface area contributed by atoms with Gasteiger partial charge in [-0.3, -0.25) is 9.69 Å². The molecule has 3 rings (SSSR count). The van der Waals surface area contributed by atoms with Crippen LogP contribution in [0, 0.1) is 11.2 Å². The van der Waals surface area contributed by atoms with Crippen molar-refractivity contribution in [2.45, 2.75) is 45.2 Å². The average Bonchev–Trinajstić information content (AvgIpc) is 2.96. The van der Waals surface area contributed by atoms with Crippen LogP contribution >= 0.6 is 0 Å². The van der Waals surface area contributed by atoms with Gasteiger partial charge in [-0.25, -0.2) is 4.39 Å². The zero-order chi connectivity index (χ0) is 17.9. The normalized spacial score (nSPS) is 23.9. The molecule has 4 nitrogen and oxygen atoms in total. The van der Waals surface area contributed by atoms with E-state index in [1.54, 1.807) is 18.2 Å². The molecule has 1 unspecified atom stereocenters. The van der Waals surface area contributed by atoms with Crippen molar-refractivity contribution >= 4 is 5.91 Å². The molecule has 25 heavy (non-hydrogen) atoms. The Morgan fingerprint density at radius 2 is 2.04 bits per heavy atom. The summed E-state index contributed by atoms with van der Waals surface area (Å²) in [6.07, 6.45) is 4.32. The van der Waals surface area contributed by atoms with Crippen LogP contribution in [0.2, 0.25) is 0 Å². The Labute approximate surface area is 150 Å². The molecule has 1 aromatic rings. The summed E-state index contributed by atoms with van der Waals surface area (Å²) < 4.78 is 13.8. The van der Waals surface area contributed by atoms with Gasteiger partial charge in [-0.2, -0.15) is 0 Å². The third kappa shape index (κ3) is 4.21. The van der Waals surface area contributed by atoms with Gasteiger partial charge in [0.05, 0.1) is 6.04 Å². The second kappa shape index (κ2) is 7.83. The number of amides is 1. The lowest BCUT2D eigenvalue weighted by Gasteiger charge is -2.37. The molecule has 2 aliphatic rings. The molecule has 0 radical (unpaired) electrons. The van der Waals surface area contributed by atoms with E-state index < -0.39 is 0 Å². The molecule has 2 heterocycles. The monoisotopic (exact) mass is 347 g/mol. The van der Waals surface area contributed by atoms with Crippen LogP contribution in [0.3, 0.4) is 0 Å². The maximum atomic E-state index is 13.8. The number of rotatable bonds is 5. The molecule has 2 fully saturated rings. The summed E-state index contributed by atoms with van der Waals surface area (Å²) in [7, 11) is 2.17. The molecule has 0 aliphatic carbocycles. The van der Waals surface area contributed by atoms with E-state index in [-0.39, 0.29) is 29.7 Å². The van der Waals surface area contributed by atoms with Gasteiger partial charge in [0, 0.05) is 18.7 Å². The van der Waals surface area contributed by atoms with Crippen LogP contribution in [0.4, 0.5) is 4.39 Å². The second-order valence-corrected chi connectivity index (χ2v) is 7.80. The van der Waals surface area contributed by atoms with Crippen LogP contribution in [0.15, 0.2) is 24.3 Å². The summed E-state index contributed by atoms with van der Waals surface area (Å²) in [4.78, 5) is 17.5. The van der Waals surface area contributed by atoms with Crippen molar-refractivity contribution in [2.24, 2.45) is 5.41 Å². The number of halogens is 1. The number of nitrogens with zero attached hydrogens (tertiary/aromatic N) is 2. The summed E-state index contributed by atoms with van der Waals surface area (Å²) in [6, 6.07) is 6.57. The molecule has 0 bridgehead atoms. The summed E-state index contributed by atoms with van der Waals surface area (Å²) >= 11 is 0. The molecule has 1 N–H and O–H groups in total. The van der Waals surface area contributed by atoms with Gasteiger partial charge in [0.15, 0.2) is 0 Å². The smallest absolute Gasteiger partial charge is 0.237 e. The standard InChI is InChI=1S/C20H30FN3O/c1-3-10-24-15-20(8-11-23(2)12-9-20)13-18(24)19(25)22-14-16-6-4-5-7-17(16)21/h4-7,18H,3,8-15H2,1-2H3,(H,22,25). The van der Waals surface area contributed by atoms with Gasteiger partial charge in [0.1, 0.15) is 5.82 Å². The Balaban J connectivity index is 1.64. The zero-order valence-electron chi connectivity index (χ0n) is 15.4. The lowest BCUT2D eigenvalue weighted by molar-refractivity contribution is -0.125. The third-order valence-electron chi connectivity index (χ3n) is 5.88. The van der Waals surface area contributed by atoms with Crippen LogP contribution in [0.1, 0.15) is 38.2 Å². The molecular formula is C20H30FN3O. The molecule has 1 atom stereocenters. The number of carbonyl (C=O) groups is 1. The van der Waals surface area contributed by atoms with Gasteiger partial charge >= 0.3 is 0 Å². The van der Waals surface area contributed by atoms with Gasteiger partial charge in [-0.1, -0.05) is 25.1 Å². The van der Waals surface area contributed by atoms with Crippen LogP contribution in [-0.2, 0) is 11.3 Å². The number of hydrogen-bond acceptors (Lipinski definition) is 3. The minimum absolute atomic E-state index is 0.0486. The number of carbonyl (C=O) groups excluding carboxylic acids is 1. The van der Waals surface area contributed by atoms with Gasteiger partial charge in [0.2, 0.25) is 5.91 Å². The number of likely N-dealkylation sites (tertiary alicyclic amines) is 2. The van der Waals surface area contributed by atoms with Crippen molar-refractivity contribution in [1.29, 1.82) is 0 Å². The van der Waals surface area contributed by atoms with E-state index in [0.29, 0.717) is 5.56 Å². The second-order valence-electron chi connectivity index (χ2n) is 7.80. The summed E-state index contributed by atoms with van der Waals surface area (Å²) in [5.74, 6) is -0.209. The Morgan fingerprint density at radius 3 is 2.72 bits per heavy atom. The molecule has 1 spiro atoms. The fraction of sp³-hybridized carbons (Fsp3) is 0.650. The summed E-state index contributed by atoms with van der Waals surface area (Å²) in [5, 5.41) is 2.97. The largest absolute Gasteiger partial charge is 0.351 e. The number of piperidine rings is 1. The predicted octanol–water partition coefficient (Wildman–Crippen LogP) is 2.64. The number of benzene rings is 1. The average molecular weight is 347 g/mol. The molecule has 138 valence electrons. The van der Waals surface area contributed by atoms with Crippen molar-refractivity contribution in [1.82, 2.24) is 15.1 Å². The fourth-order valence-corrected chi connectivity index (χ4v) is 4.32. The minimum Gasteiger partial charge on any atom is -0.351 e. The summed E-state index contributed by atoms with van der Waals surface area (Å²) in [6.45, 7) is 6.63. The Bertz CT molecular complexity index is 598. The lowest BCUT2D eigenvalue weighted by atomic mass is 9.76. The molecule has 1 aromatic carbocycles. The lowest BCUT2D eigenvalue weighted by Crippen LogP contribution is -2.43. The fourth-order valence-electron chi connectivity index (χ4n) is 4.32. The van der Waals surface area contributed by atoms with E-state index in [9.17, 15) is 9.18 Å². The zero-order valence-corrected chi connectivity index (χ0v) is 15.4. The van der Waals surface area contributed by atoms with Crippen LogP contribution in [-0.4, -0.2) is 55.0 Å². The van der Waals surface area contributed by atoms with Crippen molar-refractivity contribution in [3.63, 3.8) is 0 Å². The molecular weight excluding hydrogens is 317 g/mol. The first-order valence-corrected chi connectivity index (χ1v) is 9.47. The third-order valence-corrected chi connectivity index (χ3v) is 5.88. The van der Waals surface area contributed by atoms with Crippen molar-refractivity contribution in [3.8, 4) is 0 Å². The topological polar surface area (TPSA) is 35.6 Å². The highest BCUT2D eigenvalue weighted by Gasteiger charge is 2.47. The maximum absolute atomic E-state index is 13.8. The Hall–Kier alpha value is -1.46. The van der Waals surface area contributed by atoms with E-state index in [4.69, 9.17) is 0 Å². The van der Waals surface area contributed by atoms with Gasteiger partial charge in [0.25, 0.3) is 0 Å². The van der Waals surface area contributed by atoms with E-state index in [1.165, 1.54) is 18.9 Å². The van der Waals surface area contributed by atoms with Crippen LogP contribution in [0.25, 0.3) is 0 Å². The first-order chi connectivity index (χ1) is 12.0. The van der Waals surface area contributed by atoms with E-state index >= 15 is 0 Å². The molecule has 2 saturated heterocycles. The van der Waals surface area contributed by atoms with Crippen molar-refractivity contribution in [3.05, 3.63) is 35.6 Å². The predicted molar refractivity (Wildman–Crippen MR) is 97.7 cm³/mol. The van der Waals surface area contributed by atoms with E-state index in [1.807, 2.05) is 0 Å². The highest BCUT2D eigenvalue weighted by molar-refractivity contribution is 5.82. The van der Waals surface area contributed by atoms with E-state index in [2.05, 4.69) is 29.1 Å². The molecule has 0 saturated carbocycles. The van der Waals surface area contributed by atoms with Crippen LogP contribution < -0.4 is 5.32 Å². The first kappa shape index (κ1) is 18.3. The highest BCUT2D eigenvalue weighted by atomic mass is 19.1. The van der Waals surface area contributed by atoms with Crippen LogP contribution in [0.5, 0.6) is 0 Å². The Morgan fingerprint density at radius 1 is 1.32 bits per heavy atom. The quantitative estimate of drug-likeness (QED) is 0.889. The Kier molecular flexibility index (Phi) is 5.74. The van der Waals surface area contributed by atoms with Gasteiger partial charge < -0.3 is 10.2 Å². The van der Waals surface area contributed by atoms with Gasteiger partial charge in [-0.05, 0) is 63.8 Å². The van der Waals surface area contributed by atoms with E-state index in [0.717, 1.165) is 39.0 Å². The minimum atomic E-state index is -0.258. The van der Waals surface area contributed by atoms with Crippen molar-refractivity contribution < 1.29 is 9.18 Å². The molecule has 2 aliphatic heterocycles. The first-order valence-electron chi connectivity index (χ1n) is 9.47. The maximum Gasteiger partial charge on any atom is 0.237 e. The molecule has 0 aromatic heterocycles. The molecule has 1 amide bonds. The highest BCUT2D eigenvalue weighted by Crippen LogP contribution is 2.43. The molecule has 5 heteroatoms. The van der Waals surface area contributed by atoms with Gasteiger partial charge in [-0.15, -0.1) is 0 Å². The SMILES string of the molecule is CCCN1CC2(CCN(C)CC2)CC1C(=O)NCc1ccccc1F. The van der Waals surface area contributed by atoms with Crippen molar-refractivity contribution in [2.75, 3.05) is 33.2 Å².